The number of aliphatic hydroxyl groups is 1. The monoisotopic (exact) mass is 309 g/mol. The first-order chi connectivity index (χ1) is 7.62. The molecule has 0 bridgehead atoms. The summed E-state index contributed by atoms with van der Waals surface area (Å²) in [5.74, 6) is 0. The maximum atomic E-state index is 9.09. The number of aliphatic hydroxyl groups excluding tert-OH is 1. The van der Waals surface area contributed by atoms with E-state index in [2.05, 4.69) is 21.0 Å². The molecule has 0 aliphatic rings. The molecule has 17 heavy (non-hydrogen) atoms. The molecule has 0 aromatic carbocycles. The van der Waals surface area contributed by atoms with Crippen molar-refractivity contribution in [2.24, 2.45) is 0 Å². The Morgan fingerprint density at radius 3 is 1.59 bits per heavy atom. The Morgan fingerprint density at radius 2 is 1.18 bits per heavy atom. The summed E-state index contributed by atoms with van der Waals surface area (Å²) in [7, 11) is 4.18. The zero-order valence-corrected chi connectivity index (χ0v) is 13.6. The van der Waals surface area contributed by atoms with Crippen LogP contribution in [0.1, 0.15) is 64.7 Å². The molecule has 3 heteroatoms. The van der Waals surface area contributed by atoms with Crippen LogP contribution in [-0.4, -0.2) is 37.0 Å². The number of quaternary nitrogens is 1. The van der Waals surface area contributed by atoms with Crippen molar-refractivity contribution in [3.8, 4) is 0 Å². The third-order valence-corrected chi connectivity index (χ3v) is 3.25. The minimum Gasteiger partial charge on any atom is -1.00 e. The van der Waals surface area contributed by atoms with E-state index in [-0.39, 0.29) is 23.7 Å². The molecule has 0 saturated heterocycles. The summed E-state index contributed by atoms with van der Waals surface area (Å²) in [6, 6.07) is 0. The number of halogens is 1. The van der Waals surface area contributed by atoms with Gasteiger partial charge in [0.25, 0.3) is 0 Å². The predicted molar refractivity (Wildman–Crippen MR) is 71.3 cm³/mol. The van der Waals surface area contributed by atoms with Crippen molar-refractivity contribution in [2.45, 2.75) is 64.7 Å². The van der Waals surface area contributed by atoms with Gasteiger partial charge in [0.1, 0.15) is 0 Å². The van der Waals surface area contributed by atoms with Crippen molar-refractivity contribution < 1.29 is 26.6 Å². The molecule has 0 radical (unpaired) electrons. The quantitative estimate of drug-likeness (QED) is 0.336. The number of unbranched alkanes of at least 4 members (excludes halogenated alkanes) is 8. The van der Waals surface area contributed by atoms with Crippen LogP contribution in [0.5, 0.6) is 0 Å². The van der Waals surface area contributed by atoms with Crippen LogP contribution in [0.2, 0.25) is 0 Å². The van der Waals surface area contributed by atoms with Crippen LogP contribution in [-0.2, 0) is 0 Å². The van der Waals surface area contributed by atoms with E-state index in [0.717, 1.165) is 11.0 Å². The van der Waals surface area contributed by atoms with Crippen LogP contribution < -0.4 is 17.0 Å². The first-order valence-corrected chi connectivity index (χ1v) is 7.05. The number of rotatable bonds is 11. The molecule has 0 spiro atoms. The zero-order chi connectivity index (χ0) is 12.3. The van der Waals surface area contributed by atoms with Gasteiger partial charge in [-0.25, -0.2) is 0 Å². The molecule has 0 fully saturated rings. The molecule has 0 saturated carbocycles. The fraction of sp³-hybridized carbons (Fsp3) is 1.00. The van der Waals surface area contributed by atoms with Gasteiger partial charge in [-0.2, -0.15) is 0 Å². The maximum absolute atomic E-state index is 9.09. The van der Waals surface area contributed by atoms with Crippen LogP contribution in [0.15, 0.2) is 0 Å². The van der Waals surface area contributed by atoms with Crippen molar-refractivity contribution >= 4 is 0 Å². The summed E-state index contributed by atoms with van der Waals surface area (Å²) in [5, 5.41) is 9.09. The molecule has 0 aromatic heterocycles. The standard InChI is InChI=1S/C14H32NO.BrH/c1-4-5-6-7-8-9-10-11-12-13-15(2,3)14-16;/h16H,4-14H2,1-3H3;1H/q+1;/p-1. The summed E-state index contributed by atoms with van der Waals surface area (Å²) in [6.07, 6.45) is 12.4. The van der Waals surface area contributed by atoms with Gasteiger partial charge in [-0.15, -0.1) is 0 Å². The largest absolute Gasteiger partial charge is 1.00 e. The van der Waals surface area contributed by atoms with E-state index < -0.39 is 0 Å². The molecule has 0 aromatic rings. The Bertz CT molecular complexity index is 151. The van der Waals surface area contributed by atoms with Crippen LogP contribution in [0.25, 0.3) is 0 Å². The van der Waals surface area contributed by atoms with Gasteiger partial charge in [0.2, 0.25) is 0 Å². The summed E-state index contributed by atoms with van der Waals surface area (Å²) in [6.45, 7) is 3.63. The third kappa shape index (κ3) is 14.3. The fourth-order valence-electron chi connectivity index (χ4n) is 1.92. The molecule has 0 atom stereocenters. The van der Waals surface area contributed by atoms with Crippen LogP contribution >= 0.6 is 0 Å². The zero-order valence-electron chi connectivity index (χ0n) is 12.1. The lowest BCUT2D eigenvalue weighted by atomic mass is 10.1. The van der Waals surface area contributed by atoms with E-state index in [9.17, 15) is 0 Å². The topological polar surface area (TPSA) is 20.2 Å². The number of hydrogen-bond donors (Lipinski definition) is 1. The number of nitrogens with zero attached hydrogens (tertiary/aromatic N) is 1. The lowest BCUT2D eigenvalue weighted by Crippen LogP contribution is -3.00. The molecule has 2 nitrogen and oxygen atoms in total. The fourth-order valence-corrected chi connectivity index (χ4v) is 1.92. The van der Waals surface area contributed by atoms with E-state index >= 15 is 0 Å². The average molecular weight is 310 g/mol. The molecule has 0 aliphatic heterocycles. The second-order valence-electron chi connectivity index (χ2n) is 5.63. The Hall–Kier alpha value is 0.400. The van der Waals surface area contributed by atoms with Crippen molar-refractivity contribution in [3.63, 3.8) is 0 Å². The molecular formula is C14H32BrNO. The highest BCUT2D eigenvalue weighted by molar-refractivity contribution is 4.46. The van der Waals surface area contributed by atoms with Crippen molar-refractivity contribution in [2.75, 3.05) is 27.4 Å². The van der Waals surface area contributed by atoms with E-state index in [1.54, 1.807) is 0 Å². The van der Waals surface area contributed by atoms with E-state index in [0.29, 0.717) is 0 Å². The highest BCUT2D eigenvalue weighted by atomic mass is 79.9. The molecule has 0 rings (SSSR count). The average Bonchev–Trinajstić information content (AvgIpc) is 2.27. The van der Waals surface area contributed by atoms with Gasteiger partial charge in [-0.05, 0) is 12.8 Å². The minimum atomic E-state index is 0. The smallest absolute Gasteiger partial charge is 0.179 e. The first-order valence-electron chi connectivity index (χ1n) is 7.05. The van der Waals surface area contributed by atoms with Crippen molar-refractivity contribution in [1.29, 1.82) is 0 Å². The summed E-state index contributed by atoms with van der Waals surface area (Å²) >= 11 is 0. The Balaban J connectivity index is 0. The van der Waals surface area contributed by atoms with Crippen LogP contribution in [0.4, 0.5) is 0 Å². The summed E-state index contributed by atoms with van der Waals surface area (Å²) in [4.78, 5) is 0. The van der Waals surface area contributed by atoms with Gasteiger partial charge in [0, 0.05) is 0 Å². The SMILES string of the molecule is CCCCCCCCCCC[N+](C)(C)CO.[Br-]. The Labute approximate surface area is 119 Å². The third-order valence-electron chi connectivity index (χ3n) is 3.25. The van der Waals surface area contributed by atoms with Crippen molar-refractivity contribution in [1.82, 2.24) is 0 Å². The summed E-state index contributed by atoms with van der Waals surface area (Å²) < 4.78 is 0.747. The number of hydrogen-bond acceptors (Lipinski definition) is 1. The van der Waals surface area contributed by atoms with Gasteiger partial charge in [-0.3, -0.25) is 0 Å². The van der Waals surface area contributed by atoms with Gasteiger partial charge < -0.3 is 26.6 Å². The normalized spacial score (nSPS) is 11.3. The maximum Gasteiger partial charge on any atom is 0.179 e. The van der Waals surface area contributed by atoms with Crippen LogP contribution in [0, 0.1) is 0 Å². The highest BCUT2D eigenvalue weighted by Gasteiger charge is 2.11. The molecule has 0 amide bonds. The van der Waals surface area contributed by atoms with Crippen LogP contribution in [0.3, 0.4) is 0 Å². The first kappa shape index (κ1) is 19.7. The van der Waals surface area contributed by atoms with Gasteiger partial charge in [0.05, 0.1) is 20.6 Å². The second kappa shape index (κ2) is 12.8. The Kier molecular flexibility index (Phi) is 14.9. The van der Waals surface area contributed by atoms with Crippen molar-refractivity contribution in [3.05, 3.63) is 0 Å². The van der Waals surface area contributed by atoms with E-state index in [1.807, 2.05) is 0 Å². The van der Waals surface area contributed by atoms with E-state index in [1.165, 1.54) is 57.8 Å². The molecule has 1 N–H and O–H groups in total. The lowest BCUT2D eigenvalue weighted by molar-refractivity contribution is -0.909. The minimum absolute atomic E-state index is 0. The molecule has 0 unspecified atom stereocenters. The highest BCUT2D eigenvalue weighted by Crippen LogP contribution is 2.10. The molecular weight excluding hydrogens is 278 g/mol. The van der Waals surface area contributed by atoms with Gasteiger partial charge in [-0.1, -0.05) is 51.9 Å². The lowest BCUT2D eigenvalue weighted by Gasteiger charge is -2.26. The van der Waals surface area contributed by atoms with E-state index in [4.69, 9.17) is 5.11 Å². The molecule has 106 valence electrons. The van der Waals surface area contributed by atoms with Gasteiger partial charge >= 0.3 is 0 Å². The summed E-state index contributed by atoms with van der Waals surface area (Å²) in [5.41, 5.74) is 0. The van der Waals surface area contributed by atoms with Gasteiger partial charge in [0.15, 0.2) is 6.73 Å². The molecule has 0 aliphatic carbocycles. The Morgan fingerprint density at radius 1 is 0.765 bits per heavy atom. The predicted octanol–water partition coefficient (Wildman–Crippen LogP) is 0.547. The molecule has 0 heterocycles. The second-order valence-corrected chi connectivity index (χ2v) is 5.63.